The Bertz CT molecular complexity index is 2300. The van der Waals surface area contributed by atoms with E-state index in [9.17, 15) is 72.9 Å². The van der Waals surface area contributed by atoms with Gasteiger partial charge in [-0.3, -0.25) is 72.7 Å². The van der Waals surface area contributed by atoms with Crippen molar-refractivity contribution in [1.82, 2.24) is 51.9 Å². The summed E-state index contributed by atoms with van der Waals surface area (Å²) in [6, 6.07) is -7.43. The number of carboxylic acids is 4. The zero-order chi connectivity index (χ0) is 68.1. The second-order valence-electron chi connectivity index (χ2n) is 23.8. The summed E-state index contributed by atoms with van der Waals surface area (Å²) in [5, 5.41) is 62.9. The number of carboxylic acid groups (broad SMARTS) is 4. The molecule has 0 unspecified atom stereocenters. The van der Waals surface area contributed by atoms with Gasteiger partial charge in [-0.05, 0) is 110 Å². The molecule has 2 fully saturated rings. The van der Waals surface area contributed by atoms with Crippen LogP contribution in [0, 0.1) is 5.41 Å². The lowest BCUT2D eigenvalue weighted by molar-refractivity contribution is -0.143. The number of aliphatic carboxylic acids is 4. The van der Waals surface area contributed by atoms with Crippen molar-refractivity contribution in [2.24, 2.45) is 11.5 Å². The predicted molar refractivity (Wildman–Crippen MR) is 337 cm³/mol. The number of ether oxygens (including phenoxy) is 2. The number of primary amides is 1. The van der Waals surface area contributed by atoms with E-state index in [-0.39, 0.29) is 115 Å². The van der Waals surface area contributed by atoms with Crippen molar-refractivity contribution in [3.63, 3.8) is 0 Å². The van der Waals surface area contributed by atoms with Crippen molar-refractivity contribution in [1.29, 1.82) is 5.41 Å². The van der Waals surface area contributed by atoms with Crippen LogP contribution < -0.4 is 48.7 Å². The van der Waals surface area contributed by atoms with Gasteiger partial charge in [0.15, 0.2) is 5.96 Å². The third-order valence-corrected chi connectivity index (χ3v) is 16.0. The van der Waals surface area contributed by atoms with E-state index >= 15 is 0 Å². The van der Waals surface area contributed by atoms with Crippen LogP contribution in [0.25, 0.3) is 0 Å². The Morgan fingerprint density at radius 1 is 0.500 bits per heavy atom. The number of nitrogens with zero attached hydrogens (tertiary/aromatic N) is 3. The van der Waals surface area contributed by atoms with Gasteiger partial charge in [0.1, 0.15) is 36.8 Å². The highest BCUT2D eigenvalue weighted by Crippen LogP contribution is 2.24. The molecule has 2 aliphatic heterocycles. The van der Waals surface area contributed by atoms with Crippen LogP contribution >= 0.6 is 0 Å². The average molecular weight is 1310 g/mol. The van der Waals surface area contributed by atoms with Crippen molar-refractivity contribution in [2.75, 3.05) is 85.8 Å². The highest BCUT2D eigenvalue weighted by atomic mass is 16.5. The van der Waals surface area contributed by atoms with E-state index in [0.29, 0.717) is 51.7 Å². The summed E-state index contributed by atoms with van der Waals surface area (Å²) in [6.07, 6.45) is 18.0. The molecule has 92 heavy (non-hydrogen) atoms. The van der Waals surface area contributed by atoms with Gasteiger partial charge in [-0.2, -0.15) is 0 Å². The summed E-state index contributed by atoms with van der Waals surface area (Å²) < 4.78 is 10.9. The smallest absolute Gasteiger partial charge is 0.317 e. The second kappa shape index (κ2) is 48.5. The van der Waals surface area contributed by atoms with E-state index in [0.717, 1.165) is 56.3 Å². The van der Waals surface area contributed by atoms with Crippen molar-refractivity contribution in [3.8, 4) is 0 Å². The molecule has 0 aliphatic carbocycles. The Balaban J connectivity index is 1.90. The van der Waals surface area contributed by atoms with Crippen LogP contribution in [-0.4, -0.2) is 234 Å². The van der Waals surface area contributed by atoms with Gasteiger partial charge >= 0.3 is 23.9 Å². The maximum absolute atomic E-state index is 14.1. The van der Waals surface area contributed by atoms with Crippen molar-refractivity contribution in [3.05, 3.63) is 0 Å². The molecule has 2 heterocycles. The minimum absolute atomic E-state index is 0.0209. The third kappa shape index (κ3) is 37.9. The molecule has 6 atom stereocenters. The Labute approximate surface area is 539 Å². The van der Waals surface area contributed by atoms with E-state index in [4.69, 9.17) is 31.5 Å². The highest BCUT2D eigenvalue weighted by molar-refractivity contribution is 5.98. The van der Waals surface area contributed by atoms with Gasteiger partial charge in [0.2, 0.25) is 47.3 Å². The Hall–Kier alpha value is -7.25. The summed E-state index contributed by atoms with van der Waals surface area (Å²) >= 11 is 0. The second-order valence-corrected chi connectivity index (χ2v) is 23.8. The first kappa shape index (κ1) is 80.8. The molecule has 2 rings (SSSR count). The monoisotopic (exact) mass is 1310 g/mol. The average Bonchev–Trinajstić information content (AvgIpc) is 1.65. The molecule has 0 radical (unpaired) electrons. The topological polar surface area (TPSA) is 474 Å². The van der Waals surface area contributed by atoms with E-state index in [1.807, 2.05) is 11.9 Å². The number of likely N-dealkylation sites (tertiary alicyclic amines) is 2. The van der Waals surface area contributed by atoms with Gasteiger partial charge in [-0.1, -0.05) is 77.0 Å². The lowest BCUT2D eigenvalue weighted by atomic mass is 10.0. The van der Waals surface area contributed by atoms with Crippen molar-refractivity contribution < 1.29 is 87.4 Å². The number of nitrogens with one attached hydrogen (secondary N) is 8. The molecular weight excluding hydrogens is 1200 g/mol. The first-order chi connectivity index (χ1) is 44.0. The Kier molecular flexibility index (Phi) is 42.6. The Morgan fingerprint density at radius 2 is 0.989 bits per heavy atom. The van der Waals surface area contributed by atoms with Gasteiger partial charge in [0.25, 0.3) is 0 Å². The van der Waals surface area contributed by atoms with Gasteiger partial charge in [-0.15, -0.1) is 0 Å². The van der Waals surface area contributed by atoms with E-state index in [1.165, 1.54) is 49.8 Å². The number of nitrogens with two attached hydrogens (primary N) is 2. The molecule has 16 N–H and O–H groups in total. The molecular formula is C61H107N13O18. The maximum Gasteiger partial charge on any atom is 0.317 e. The summed E-state index contributed by atoms with van der Waals surface area (Å²) in [4.78, 5) is 157. The molecule has 0 spiro atoms. The zero-order valence-electron chi connectivity index (χ0n) is 54.0. The molecule has 0 aromatic rings. The van der Waals surface area contributed by atoms with Crippen LogP contribution in [0.5, 0.6) is 0 Å². The summed E-state index contributed by atoms with van der Waals surface area (Å²) in [7, 11) is 1.82. The number of carbonyl (C=O) groups excluding carboxylic acids is 8. The normalized spacial score (nSPS) is 16.0. The SMILES string of the molecule is CN1CCC[C@H]1C(=O)N1CCC[C@H]1C(=O)N[C@@H](CCCNC(=N)N)C(=O)N[C@@H](CC(=O)O)C(=O)N[C@@H](CCCCN(CC(=O)O)CC(=O)O)C(=O)N[C@@H](CCCCNC(=O)COCCOCCNC(=O)CCCCCCCCCCCCCCCCC(=O)O)C(N)=O. The number of rotatable bonds is 55. The fraction of sp³-hybridized carbons (Fsp3) is 0.787. The van der Waals surface area contributed by atoms with Gasteiger partial charge in [0.05, 0.1) is 45.4 Å². The first-order valence-electron chi connectivity index (χ1n) is 32.9. The highest BCUT2D eigenvalue weighted by Gasteiger charge is 2.41. The number of unbranched alkanes of at least 4 members (excludes halogenated alkanes) is 15. The molecule has 0 aromatic heterocycles. The molecule has 31 heteroatoms. The molecule has 2 saturated heterocycles. The summed E-state index contributed by atoms with van der Waals surface area (Å²) in [5.74, 6) is -10.6. The van der Waals surface area contributed by atoms with Gasteiger partial charge in [-0.25, -0.2) is 0 Å². The number of hydrogen-bond acceptors (Lipinski definition) is 17. The standard InChI is InChI=1S/C61H107N13O18/c1-72-33-21-27-48(72)60(90)74-35-22-26-47(74)59(89)70-45(25-20-31-67-61(63)64)57(87)71-46(39-52(79)80)58(88)69-44(24-17-19-34-73(40-53(81)82)41-54(83)84)56(86)68-43(55(62)85)23-16-18-30-65-50(76)42-92-38-37-91-36-32-66-49(75)28-14-12-10-8-6-4-2-3-5-7-9-11-13-15-29-51(77)78/h43-48H,2-42H2,1H3,(H2,62,85)(H,65,76)(H,66,75)(H,68,86)(H,69,88)(H,70,89)(H,71,87)(H,77,78)(H,79,80)(H,81,82)(H,83,84)(H4,63,64,67)/t43-,44-,45-,46-,47-,48-/m0/s1. The van der Waals surface area contributed by atoms with E-state index in [2.05, 4.69) is 37.2 Å². The minimum atomic E-state index is -1.86. The summed E-state index contributed by atoms with van der Waals surface area (Å²) in [6.45, 7) is 0.650. The molecule has 0 saturated carbocycles. The number of carbonyl (C=O) groups is 12. The molecule has 2 aliphatic rings. The van der Waals surface area contributed by atoms with Crippen LogP contribution in [0.4, 0.5) is 0 Å². The zero-order valence-corrected chi connectivity index (χ0v) is 54.0. The lowest BCUT2D eigenvalue weighted by Gasteiger charge is -2.30. The minimum Gasteiger partial charge on any atom is -0.481 e. The predicted octanol–water partition coefficient (Wildman–Crippen LogP) is 0.638. The molecule has 31 nitrogen and oxygen atoms in total. The number of guanidine groups is 1. The van der Waals surface area contributed by atoms with Gasteiger partial charge < -0.3 is 83.5 Å². The molecule has 8 amide bonds. The van der Waals surface area contributed by atoms with Crippen LogP contribution in [0.1, 0.15) is 186 Å². The molecule has 0 aromatic carbocycles. The lowest BCUT2D eigenvalue weighted by Crippen LogP contribution is -2.59. The van der Waals surface area contributed by atoms with Crippen LogP contribution in [0.3, 0.4) is 0 Å². The van der Waals surface area contributed by atoms with Crippen molar-refractivity contribution in [2.45, 2.75) is 222 Å². The molecule has 524 valence electrons. The van der Waals surface area contributed by atoms with Crippen LogP contribution in [0.2, 0.25) is 0 Å². The quantitative estimate of drug-likeness (QED) is 0.0226. The van der Waals surface area contributed by atoms with E-state index in [1.54, 1.807) is 0 Å². The third-order valence-electron chi connectivity index (χ3n) is 16.0. The maximum atomic E-state index is 14.1. The van der Waals surface area contributed by atoms with Crippen molar-refractivity contribution >= 4 is 77.1 Å². The molecule has 0 bridgehead atoms. The summed E-state index contributed by atoms with van der Waals surface area (Å²) in [5.41, 5.74) is 11.1. The number of likely N-dealkylation sites (N-methyl/N-ethyl adjacent to an activating group) is 1. The fourth-order valence-electron chi connectivity index (χ4n) is 11.0. The number of amides is 8. The van der Waals surface area contributed by atoms with Crippen LogP contribution in [0.15, 0.2) is 0 Å². The fourth-order valence-corrected chi connectivity index (χ4v) is 11.0. The largest absolute Gasteiger partial charge is 0.481 e. The number of hydrogen-bond donors (Lipinski definition) is 14. The Morgan fingerprint density at radius 3 is 1.55 bits per heavy atom. The first-order valence-corrected chi connectivity index (χ1v) is 32.9. The van der Waals surface area contributed by atoms with Gasteiger partial charge in [0, 0.05) is 39.0 Å². The van der Waals surface area contributed by atoms with Crippen LogP contribution in [-0.2, 0) is 67.0 Å². The van der Waals surface area contributed by atoms with E-state index < -0.39 is 115 Å².